The molecule has 0 spiro atoms. The minimum atomic E-state index is -5.47. The maximum Gasteiger partial charge on any atom is 0.361 e. The first-order chi connectivity index (χ1) is 7.15. The quantitative estimate of drug-likeness (QED) is 0.403. The fraction of sp³-hybridized carbons (Fsp3) is 1.00. The maximum absolute atomic E-state index is 13.6. The maximum atomic E-state index is 13.6. The number of hydrogen-bond acceptors (Lipinski definition) is 0. The Balaban J connectivity index is 3.56. The lowest BCUT2D eigenvalue weighted by Gasteiger charge is -2.52. The van der Waals surface area contributed by atoms with Gasteiger partial charge in [-0.2, -0.15) is 17.6 Å². The van der Waals surface area contributed by atoms with Crippen molar-refractivity contribution in [3.05, 3.63) is 0 Å². The highest BCUT2D eigenvalue weighted by atomic mass is 35.5. The zero-order chi connectivity index (χ0) is 14.1. The van der Waals surface area contributed by atoms with Gasteiger partial charge in [-0.15, -0.1) is 11.6 Å². The van der Waals surface area contributed by atoms with Crippen molar-refractivity contribution in [1.29, 1.82) is 0 Å². The zero-order valence-electron chi connectivity index (χ0n) is 7.23. The van der Waals surface area contributed by atoms with Crippen molar-refractivity contribution < 1.29 is 22.0 Å². The SMILES string of the molecule is FC1(F)C(Cl)C(Cl)(Cl)C(Cl)(Cl)C(F)(Cl)C1(F)F. The Morgan fingerprint density at radius 2 is 1.12 bits per heavy atom. The molecule has 0 aliphatic heterocycles. The average Bonchev–Trinajstić information content (AvgIpc) is 2.13. The second-order valence-electron chi connectivity index (χ2n) is 3.33. The first-order valence-electron chi connectivity index (χ1n) is 3.69. The summed E-state index contributed by atoms with van der Waals surface area (Å²) in [7, 11) is 0. The second kappa shape index (κ2) is 3.95. The van der Waals surface area contributed by atoms with Crippen LogP contribution in [0.3, 0.4) is 0 Å². The van der Waals surface area contributed by atoms with Crippen LogP contribution >= 0.6 is 69.6 Å². The van der Waals surface area contributed by atoms with Gasteiger partial charge in [0.05, 0.1) is 0 Å². The van der Waals surface area contributed by atoms with Crippen LogP contribution in [-0.4, -0.2) is 31.0 Å². The third kappa shape index (κ3) is 1.69. The van der Waals surface area contributed by atoms with Gasteiger partial charge in [-0.1, -0.05) is 58.0 Å². The molecular formula is C6HCl6F5. The van der Waals surface area contributed by atoms with Crippen LogP contribution in [0.1, 0.15) is 0 Å². The van der Waals surface area contributed by atoms with Gasteiger partial charge < -0.3 is 0 Å². The molecule has 1 saturated carbocycles. The molecule has 0 amide bonds. The summed E-state index contributed by atoms with van der Waals surface area (Å²) in [6.45, 7) is 0. The third-order valence-corrected chi connectivity index (χ3v) is 6.31. The molecule has 1 fully saturated rings. The predicted octanol–water partition coefficient (Wildman–Crippen LogP) is 5.13. The van der Waals surface area contributed by atoms with Crippen LogP contribution in [0, 0.1) is 0 Å². The highest BCUT2D eigenvalue weighted by molar-refractivity contribution is 6.67. The van der Waals surface area contributed by atoms with Gasteiger partial charge in [-0.05, 0) is 0 Å². The number of halogens is 11. The monoisotopic (exact) mass is 378 g/mol. The normalized spacial score (nSPS) is 42.2. The Morgan fingerprint density at radius 1 is 0.765 bits per heavy atom. The third-order valence-electron chi connectivity index (χ3n) is 2.26. The molecule has 1 aliphatic carbocycles. The van der Waals surface area contributed by atoms with Crippen molar-refractivity contribution in [2.75, 3.05) is 0 Å². The lowest BCUT2D eigenvalue weighted by molar-refractivity contribution is -0.270. The molecule has 0 saturated heterocycles. The van der Waals surface area contributed by atoms with E-state index in [1.54, 1.807) is 0 Å². The minimum Gasteiger partial charge on any atom is -0.216 e. The van der Waals surface area contributed by atoms with Crippen molar-refractivity contribution in [3.63, 3.8) is 0 Å². The molecule has 0 N–H and O–H groups in total. The lowest BCUT2D eigenvalue weighted by atomic mass is 9.88. The molecule has 0 nitrogen and oxygen atoms in total. The van der Waals surface area contributed by atoms with Gasteiger partial charge in [0.2, 0.25) is 4.33 Å². The van der Waals surface area contributed by atoms with Gasteiger partial charge in [0, 0.05) is 0 Å². The van der Waals surface area contributed by atoms with Crippen LogP contribution in [0.5, 0.6) is 0 Å². The number of hydrogen-bond donors (Lipinski definition) is 0. The van der Waals surface area contributed by atoms with E-state index in [0.29, 0.717) is 0 Å². The van der Waals surface area contributed by atoms with Gasteiger partial charge in [-0.25, -0.2) is 4.39 Å². The van der Waals surface area contributed by atoms with Gasteiger partial charge in [0.15, 0.2) is 4.33 Å². The summed E-state index contributed by atoms with van der Waals surface area (Å²) in [4.78, 5) is 0. The van der Waals surface area contributed by atoms with Crippen molar-refractivity contribution >= 4 is 69.6 Å². The van der Waals surface area contributed by atoms with E-state index in [4.69, 9.17) is 69.6 Å². The Bertz CT molecular complexity index is 310. The van der Waals surface area contributed by atoms with Crippen LogP contribution in [0.25, 0.3) is 0 Å². The standard InChI is InChI=1S/C6HCl6F5/c7-1-2(8,9)4(10,11)5(12,15)6(16,17)3(1,13)14/h1H. The Hall–Kier alpha value is 1.39. The summed E-state index contributed by atoms with van der Waals surface area (Å²) in [5, 5.41) is -7.56. The average molecular weight is 381 g/mol. The second-order valence-corrected chi connectivity index (χ2v) is 7.00. The summed E-state index contributed by atoms with van der Waals surface area (Å²) in [6, 6.07) is 0. The highest BCUT2D eigenvalue weighted by Gasteiger charge is 2.89. The van der Waals surface area contributed by atoms with E-state index in [1.807, 2.05) is 0 Å². The summed E-state index contributed by atoms with van der Waals surface area (Å²) in [5.41, 5.74) is 0. The van der Waals surface area contributed by atoms with Gasteiger partial charge in [0.25, 0.3) is 5.13 Å². The van der Waals surface area contributed by atoms with Gasteiger partial charge in [0.1, 0.15) is 5.38 Å². The van der Waals surface area contributed by atoms with Crippen molar-refractivity contribution in [2.24, 2.45) is 0 Å². The Morgan fingerprint density at radius 3 is 1.47 bits per heavy atom. The molecule has 102 valence electrons. The van der Waals surface area contributed by atoms with E-state index in [0.717, 1.165) is 0 Å². The lowest BCUT2D eigenvalue weighted by Crippen LogP contribution is -2.76. The first kappa shape index (κ1) is 16.4. The molecule has 0 aromatic heterocycles. The Kier molecular flexibility index (Phi) is 3.82. The highest BCUT2D eigenvalue weighted by Crippen LogP contribution is 2.69. The summed E-state index contributed by atoms with van der Waals surface area (Å²) < 4.78 is 59.9. The molecule has 2 unspecified atom stereocenters. The van der Waals surface area contributed by atoms with E-state index in [1.165, 1.54) is 0 Å². The van der Waals surface area contributed by atoms with Crippen LogP contribution in [0.15, 0.2) is 0 Å². The molecule has 11 heteroatoms. The molecule has 0 radical (unpaired) electrons. The van der Waals surface area contributed by atoms with E-state index in [2.05, 4.69) is 0 Å². The van der Waals surface area contributed by atoms with E-state index in [9.17, 15) is 22.0 Å². The molecule has 0 heterocycles. The van der Waals surface area contributed by atoms with Crippen LogP contribution in [-0.2, 0) is 0 Å². The Labute approximate surface area is 122 Å². The van der Waals surface area contributed by atoms with Crippen molar-refractivity contribution in [3.8, 4) is 0 Å². The summed E-state index contributed by atoms with van der Waals surface area (Å²) in [5.74, 6) is -10.6. The van der Waals surface area contributed by atoms with Crippen molar-refractivity contribution in [2.45, 2.75) is 31.0 Å². The molecule has 2 atom stereocenters. The summed E-state index contributed by atoms with van der Waals surface area (Å²) >= 11 is 30.5. The number of rotatable bonds is 0. The molecule has 17 heavy (non-hydrogen) atoms. The van der Waals surface area contributed by atoms with Gasteiger partial charge >= 0.3 is 11.8 Å². The molecule has 1 rings (SSSR count). The number of alkyl halides is 11. The first-order valence-corrected chi connectivity index (χ1v) is 6.01. The molecule has 0 bridgehead atoms. The topological polar surface area (TPSA) is 0 Å². The van der Waals surface area contributed by atoms with E-state index in [-0.39, 0.29) is 0 Å². The largest absolute Gasteiger partial charge is 0.361 e. The fourth-order valence-corrected chi connectivity index (χ4v) is 2.94. The van der Waals surface area contributed by atoms with Crippen molar-refractivity contribution in [1.82, 2.24) is 0 Å². The summed E-state index contributed by atoms with van der Waals surface area (Å²) in [6.07, 6.45) is 0. The van der Waals surface area contributed by atoms with Crippen LogP contribution < -0.4 is 0 Å². The molecule has 1 aliphatic rings. The van der Waals surface area contributed by atoms with Crippen LogP contribution in [0.4, 0.5) is 22.0 Å². The molecular weight excluding hydrogens is 380 g/mol. The smallest absolute Gasteiger partial charge is 0.216 e. The molecule has 0 aromatic rings. The van der Waals surface area contributed by atoms with E-state index >= 15 is 0 Å². The molecule has 0 aromatic carbocycles. The van der Waals surface area contributed by atoms with E-state index < -0.39 is 31.0 Å². The van der Waals surface area contributed by atoms with Gasteiger partial charge in [-0.3, -0.25) is 0 Å². The minimum absolute atomic E-state index is 2.95. The predicted molar refractivity (Wildman–Crippen MR) is 58.1 cm³/mol. The van der Waals surface area contributed by atoms with Crippen LogP contribution in [0.2, 0.25) is 0 Å². The fourth-order valence-electron chi connectivity index (χ4n) is 1.16. The zero-order valence-corrected chi connectivity index (χ0v) is 11.8.